The van der Waals surface area contributed by atoms with Gasteiger partial charge in [-0.05, 0) is 12.8 Å². The molecule has 0 spiro atoms. The predicted octanol–water partition coefficient (Wildman–Crippen LogP) is 1.81. The number of aliphatic imine (C=N–C) groups is 1. The molecule has 0 saturated carbocycles. The molecule has 0 radical (unpaired) electrons. The predicted molar refractivity (Wildman–Crippen MR) is 84.7 cm³/mol. The van der Waals surface area contributed by atoms with Gasteiger partial charge in [0.05, 0.1) is 25.8 Å². The van der Waals surface area contributed by atoms with E-state index in [1.165, 1.54) is 7.11 Å². The van der Waals surface area contributed by atoms with Crippen LogP contribution < -0.4 is 10.6 Å². The monoisotopic (exact) mass is 310 g/mol. The first-order valence-corrected chi connectivity index (χ1v) is 7.61. The fourth-order valence-corrected chi connectivity index (χ4v) is 2.09. The number of esters is 1. The lowest BCUT2D eigenvalue weighted by atomic mass is 9.99. The number of aromatic nitrogens is 1. The number of hydrogen-bond donors (Lipinski definition) is 2. The van der Waals surface area contributed by atoms with E-state index in [0.717, 1.165) is 24.3 Å². The van der Waals surface area contributed by atoms with Crippen molar-refractivity contribution in [3.63, 3.8) is 0 Å². The van der Waals surface area contributed by atoms with E-state index in [-0.39, 0.29) is 5.97 Å². The van der Waals surface area contributed by atoms with E-state index in [2.05, 4.69) is 39.4 Å². The number of rotatable bonds is 8. The third kappa shape index (κ3) is 5.75. The van der Waals surface area contributed by atoms with Gasteiger partial charge in [0, 0.05) is 25.6 Å². The Morgan fingerprint density at radius 2 is 2.14 bits per heavy atom. The molecule has 0 atom stereocenters. The number of nitrogens with zero attached hydrogens (tertiary/aromatic N) is 2. The lowest BCUT2D eigenvalue weighted by Crippen LogP contribution is -2.37. The molecule has 1 heterocycles. The molecule has 7 nitrogen and oxygen atoms in total. The second-order valence-corrected chi connectivity index (χ2v) is 4.91. The van der Waals surface area contributed by atoms with Crippen LogP contribution in [0, 0.1) is 0 Å². The molecule has 0 fully saturated rings. The molecule has 1 rings (SSSR count). The van der Waals surface area contributed by atoms with Crippen molar-refractivity contribution in [2.75, 3.05) is 20.7 Å². The smallest absolute Gasteiger partial charge is 0.307 e. The third-order valence-electron chi connectivity index (χ3n) is 3.48. The highest BCUT2D eigenvalue weighted by Crippen LogP contribution is 2.22. The van der Waals surface area contributed by atoms with E-state index in [9.17, 15) is 4.79 Å². The van der Waals surface area contributed by atoms with Gasteiger partial charge in [0.2, 0.25) is 0 Å². The number of ether oxygens (including phenoxy) is 1. The van der Waals surface area contributed by atoms with Crippen LogP contribution in [-0.4, -0.2) is 37.8 Å². The number of methoxy groups -OCH3 is 1. The summed E-state index contributed by atoms with van der Waals surface area (Å²) in [4.78, 5) is 15.1. The van der Waals surface area contributed by atoms with Crippen molar-refractivity contribution in [2.45, 2.75) is 45.6 Å². The Labute approximate surface area is 131 Å². The molecule has 0 bridgehead atoms. The minimum absolute atomic E-state index is 0.256. The first kappa shape index (κ1) is 18.0. The average molecular weight is 310 g/mol. The molecule has 0 aliphatic rings. The average Bonchev–Trinajstić information content (AvgIpc) is 3.00. The summed E-state index contributed by atoms with van der Waals surface area (Å²) in [6.07, 6.45) is 2.39. The Kier molecular flexibility index (Phi) is 8.03. The summed E-state index contributed by atoms with van der Waals surface area (Å²) >= 11 is 0. The van der Waals surface area contributed by atoms with Gasteiger partial charge in [-0.2, -0.15) is 0 Å². The van der Waals surface area contributed by atoms with Crippen molar-refractivity contribution in [2.24, 2.45) is 4.99 Å². The molecule has 0 saturated heterocycles. The number of guanidine groups is 1. The standard InChI is InChI=1S/C15H26N4O3/c1-5-11(6-2)13-9-12(22-19-13)10-18-15(16-3)17-8-7-14(20)21-4/h9,11H,5-8,10H2,1-4H3,(H2,16,17,18). The molecular formula is C15H26N4O3. The van der Waals surface area contributed by atoms with Gasteiger partial charge in [-0.1, -0.05) is 19.0 Å². The lowest BCUT2D eigenvalue weighted by Gasteiger charge is -2.09. The largest absolute Gasteiger partial charge is 0.469 e. The van der Waals surface area contributed by atoms with Crippen LogP contribution in [0.4, 0.5) is 0 Å². The summed E-state index contributed by atoms with van der Waals surface area (Å²) in [5.74, 6) is 1.55. The van der Waals surface area contributed by atoms with Crippen LogP contribution in [0.3, 0.4) is 0 Å². The SMILES string of the molecule is CCC(CC)c1cc(CNC(=NC)NCCC(=O)OC)on1. The maximum Gasteiger partial charge on any atom is 0.307 e. The zero-order valence-electron chi connectivity index (χ0n) is 13.8. The van der Waals surface area contributed by atoms with Gasteiger partial charge < -0.3 is 19.9 Å². The highest BCUT2D eigenvalue weighted by atomic mass is 16.5. The molecule has 0 aliphatic carbocycles. The summed E-state index contributed by atoms with van der Waals surface area (Å²) in [7, 11) is 3.04. The summed E-state index contributed by atoms with van der Waals surface area (Å²) in [6.45, 7) is 5.24. The fourth-order valence-electron chi connectivity index (χ4n) is 2.09. The van der Waals surface area contributed by atoms with Crippen LogP contribution in [0.1, 0.15) is 50.5 Å². The maximum atomic E-state index is 11.0. The summed E-state index contributed by atoms with van der Waals surface area (Å²) in [6, 6.07) is 1.98. The molecule has 2 N–H and O–H groups in total. The van der Waals surface area contributed by atoms with Crippen LogP contribution in [0.2, 0.25) is 0 Å². The molecule has 22 heavy (non-hydrogen) atoms. The minimum Gasteiger partial charge on any atom is -0.469 e. The van der Waals surface area contributed by atoms with Gasteiger partial charge in [0.15, 0.2) is 11.7 Å². The number of carbonyl (C=O) groups is 1. The Morgan fingerprint density at radius 1 is 1.41 bits per heavy atom. The first-order chi connectivity index (χ1) is 10.6. The molecule has 7 heteroatoms. The molecular weight excluding hydrogens is 284 g/mol. The van der Waals surface area contributed by atoms with Crippen molar-refractivity contribution < 1.29 is 14.1 Å². The van der Waals surface area contributed by atoms with Crippen LogP contribution in [0.5, 0.6) is 0 Å². The summed E-state index contributed by atoms with van der Waals surface area (Å²) in [5.41, 5.74) is 0.996. The molecule has 0 aliphatic heterocycles. The van der Waals surface area contributed by atoms with E-state index in [1.54, 1.807) is 7.05 Å². The van der Waals surface area contributed by atoms with Gasteiger partial charge in [0.25, 0.3) is 0 Å². The zero-order valence-corrected chi connectivity index (χ0v) is 13.8. The van der Waals surface area contributed by atoms with Crippen molar-refractivity contribution in [1.29, 1.82) is 0 Å². The van der Waals surface area contributed by atoms with E-state index < -0.39 is 0 Å². The fraction of sp³-hybridized carbons (Fsp3) is 0.667. The summed E-state index contributed by atoms with van der Waals surface area (Å²) < 4.78 is 9.91. The molecule has 0 amide bonds. The molecule has 0 aromatic carbocycles. The van der Waals surface area contributed by atoms with Crippen molar-refractivity contribution in [3.05, 3.63) is 17.5 Å². The first-order valence-electron chi connectivity index (χ1n) is 7.61. The van der Waals surface area contributed by atoms with E-state index in [4.69, 9.17) is 4.52 Å². The van der Waals surface area contributed by atoms with E-state index in [0.29, 0.717) is 31.4 Å². The van der Waals surface area contributed by atoms with Gasteiger partial charge in [-0.25, -0.2) is 0 Å². The van der Waals surface area contributed by atoms with Gasteiger partial charge in [-0.3, -0.25) is 9.79 Å². The van der Waals surface area contributed by atoms with E-state index in [1.807, 2.05) is 6.07 Å². The van der Waals surface area contributed by atoms with Gasteiger partial charge in [-0.15, -0.1) is 0 Å². The third-order valence-corrected chi connectivity index (χ3v) is 3.48. The highest BCUT2D eigenvalue weighted by Gasteiger charge is 2.13. The van der Waals surface area contributed by atoms with Crippen molar-refractivity contribution in [3.8, 4) is 0 Å². The van der Waals surface area contributed by atoms with Crippen LogP contribution in [0.25, 0.3) is 0 Å². The van der Waals surface area contributed by atoms with Crippen LogP contribution in [0.15, 0.2) is 15.6 Å². The van der Waals surface area contributed by atoms with Crippen molar-refractivity contribution >= 4 is 11.9 Å². The number of carbonyl (C=O) groups excluding carboxylic acids is 1. The Bertz CT molecular complexity index is 481. The highest BCUT2D eigenvalue weighted by molar-refractivity contribution is 5.80. The second kappa shape index (κ2) is 9.81. The topological polar surface area (TPSA) is 88.8 Å². The zero-order chi connectivity index (χ0) is 16.4. The van der Waals surface area contributed by atoms with Crippen molar-refractivity contribution in [1.82, 2.24) is 15.8 Å². The van der Waals surface area contributed by atoms with Crippen LogP contribution >= 0.6 is 0 Å². The van der Waals surface area contributed by atoms with E-state index >= 15 is 0 Å². The van der Waals surface area contributed by atoms with Crippen LogP contribution in [-0.2, 0) is 16.1 Å². The molecule has 1 aromatic heterocycles. The number of hydrogen-bond acceptors (Lipinski definition) is 5. The molecule has 1 aromatic rings. The van der Waals surface area contributed by atoms with Gasteiger partial charge in [0.1, 0.15) is 0 Å². The molecule has 0 unspecified atom stereocenters. The quantitative estimate of drug-likeness (QED) is 0.432. The molecule has 124 valence electrons. The number of nitrogens with one attached hydrogen (secondary N) is 2. The Hall–Kier alpha value is -2.05. The maximum absolute atomic E-state index is 11.0. The minimum atomic E-state index is -0.256. The Morgan fingerprint density at radius 3 is 2.73 bits per heavy atom. The summed E-state index contributed by atoms with van der Waals surface area (Å²) in [5, 5.41) is 10.3. The second-order valence-electron chi connectivity index (χ2n) is 4.91. The normalized spacial score (nSPS) is 11.6. The van der Waals surface area contributed by atoms with Gasteiger partial charge >= 0.3 is 5.97 Å². The Balaban J connectivity index is 2.42. The lowest BCUT2D eigenvalue weighted by molar-refractivity contribution is -0.140.